The summed E-state index contributed by atoms with van der Waals surface area (Å²) in [5, 5.41) is 3.34. The lowest BCUT2D eigenvalue weighted by atomic mass is 9.95. The van der Waals surface area contributed by atoms with Crippen molar-refractivity contribution in [1.29, 1.82) is 0 Å². The molecular weight excluding hydrogens is 134 g/mol. The highest BCUT2D eigenvalue weighted by atomic mass is 15.0. The van der Waals surface area contributed by atoms with Crippen molar-refractivity contribution in [1.82, 2.24) is 5.32 Å². The summed E-state index contributed by atoms with van der Waals surface area (Å²) >= 11 is 0. The third kappa shape index (κ3) is 6.36. The molecule has 70 valence electrons. The Morgan fingerprint density at radius 1 is 1.09 bits per heavy atom. The highest BCUT2D eigenvalue weighted by Crippen LogP contribution is 2.11. The maximum atomic E-state index is 3.34. The molecule has 0 aromatic carbocycles. The van der Waals surface area contributed by atoms with Crippen molar-refractivity contribution in [2.24, 2.45) is 5.92 Å². The van der Waals surface area contributed by atoms with Crippen LogP contribution in [0.25, 0.3) is 0 Å². The Kier molecular flexibility index (Phi) is 12.3. The van der Waals surface area contributed by atoms with Crippen LogP contribution in [0.1, 0.15) is 48.0 Å². The second kappa shape index (κ2) is 9.96. The molecule has 1 atom stereocenters. The Hall–Kier alpha value is -0.0400. The summed E-state index contributed by atoms with van der Waals surface area (Å²) in [6, 6.07) is 0.833. The number of hydrogen-bond donors (Lipinski definition) is 1. The van der Waals surface area contributed by atoms with Gasteiger partial charge in [0.05, 0.1) is 0 Å². The molecule has 11 heavy (non-hydrogen) atoms. The van der Waals surface area contributed by atoms with E-state index < -0.39 is 0 Å². The number of rotatable bonds is 1. The first kappa shape index (κ1) is 13.5. The predicted octanol–water partition coefficient (Wildman–Crippen LogP) is 3.06. The summed E-state index contributed by atoms with van der Waals surface area (Å²) in [7, 11) is 0. The van der Waals surface area contributed by atoms with E-state index in [1.54, 1.807) is 0 Å². The van der Waals surface area contributed by atoms with E-state index in [4.69, 9.17) is 0 Å². The Bertz CT molecular complexity index is 55.9. The van der Waals surface area contributed by atoms with Gasteiger partial charge >= 0.3 is 0 Å². The molecular formula is C10H25N. The molecule has 1 rings (SSSR count). The zero-order chi connectivity index (χ0) is 9.28. The molecule has 0 aromatic rings. The summed E-state index contributed by atoms with van der Waals surface area (Å²) < 4.78 is 0. The summed E-state index contributed by atoms with van der Waals surface area (Å²) in [6.07, 6.45) is 1.39. The lowest BCUT2D eigenvalue weighted by molar-refractivity contribution is 0.291. The molecule has 1 heteroatoms. The van der Waals surface area contributed by atoms with Crippen molar-refractivity contribution >= 4 is 0 Å². The van der Waals surface area contributed by atoms with Gasteiger partial charge in [0.1, 0.15) is 0 Å². The van der Waals surface area contributed by atoms with Crippen LogP contribution in [0.5, 0.6) is 0 Å². The summed E-state index contributed by atoms with van der Waals surface area (Å²) in [6.45, 7) is 13.8. The molecule has 0 aliphatic carbocycles. The SMILES string of the molecule is CC.CC.CC(C)C1CCN1. The van der Waals surface area contributed by atoms with Crippen LogP contribution in [0.3, 0.4) is 0 Å². The summed E-state index contributed by atoms with van der Waals surface area (Å²) in [5.41, 5.74) is 0. The monoisotopic (exact) mass is 159 g/mol. The maximum absolute atomic E-state index is 3.34. The normalized spacial score (nSPS) is 20.5. The highest BCUT2D eigenvalue weighted by Gasteiger charge is 2.18. The average molecular weight is 159 g/mol. The Labute approximate surface area is 72.6 Å². The third-order valence-electron chi connectivity index (χ3n) is 1.67. The van der Waals surface area contributed by atoms with E-state index in [-0.39, 0.29) is 0 Å². The van der Waals surface area contributed by atoms with Crippen molar-refractivity contribution in [3.63, 3.8) is 0 Å². The standard InChI is InChI=1S/C6H13N.2C2H6/c1-5(2)6-3-4-7-6;2*1-2/h5-7H,3-4H2,1-2H3;2*1-2H3. The van der Waals surface area contributed by atoms with Gasteiger partial charge in [-0.2, -0.15) is 0 Å². The lowest BCUT2D eigenvalue weighted by Gasteiger charge is -2.30. The van der Waals surface area contributed by atoms with Crippen molar-refractivity contribution in [3.8, 4) is 0 Å². The Balaban J connectivity index is 0. The maximum Gasteiger partial charge on any atom is 0.0102 e. The number of nitrogens with one attached hydrogen (secondary N) is 1. The molecule has 0 radical (unpaired) electrons. The van der Waals surface area contributed by atoms with Gasteiger partial charge in [0.25, 0.3) is 0 Å². The Morgan fingerprint density at radius 2 is 1.45 bits per heavy atom. The van der Waals surface area contributed by atoms with Crippen LogP contribution >= 0.6 is 0 Å². The Morgan fingerprint density at radius 3 is 1.45 bits per heavy atom. The molecule has 1 saturated heterocycles. The van der Waals surface area contributed by atoms with Crippen molar-refractivity contribution in [3.05, 3.63) is 0 Å². The smallest absolute Gasteiger partial charge is 0.0102 e. The van der Waals surface area contributed by atoms with Gasteiger partial charge in [0.2, 0.25) is 0 Å². The van der Waals surface area contributed by atoms with Crippen LogP contribution in [0.15, 0.2) is 0 Å². The van der Waals surface area contributed by atoms with E-state index in [1.165, 1.54) is 13.0 Å². The molecule has 1 heterocycles. The first-order chi connectivity index (χ1) is 5.30. The van der Waals surface area contributed by atoms with Gasteiger partial charge in [-0.15, -0.1) is 0 Å². The first-order valence-electron chi connectivity index (χ1n) is 5.04. The second-order valence-electron chi connectivity index (χ2n) is 2.59. The molecule has 1 aliphatic heterocycles. The largest absolute Gasteiger partial charge is 0.314 e. The fourth-order valence-corrected chi connectivity index (χ4v) is 0.880. The third-order valence-corrected chi connectivity index (χ3v) is 1.67. The zero-order valence-electron chi connectivity index (χ0n) is 9.07. The molecule has 1 unspecified atom stereocenters. The summed E-state index contributed by atoms with van der Waals surface area (Å²) in [4.78, 5) is 0. The van der Waals surface area contributed by atoms with Crippen molar-refractivity contribution in [2.45, 2.75) is 54.0 Å². The van der Waals surface area contributed by atoms with Crippen LogP contribution < -0.4 is 5.32 Å². The molecule has 0 aromatic heterocycles. The second-order valence-corrected chi connectivity index (χ2v) is 2.59. The van der Waals surface area contributed by atoms with E-state index >= 15 is 0 Å². The molecule has 0 saturated carbocycles. The van der Waals surface area contributed by atoms with E-state index in [1.807, 2.05) is 27.7 Å². The van der Waals surface area contributed by atoms with Gasteiger partial charge in [-0.3, -0.25) is 0 Å². The fourth-order valence-electron chi connectivity index (χ4n) is 0.880. The van der Waals surface area contributed by atoms with Gasteiger partial charge in [-0.25, -0.2) is 0 Å². The van der Waals surface area contributed by atoms with E-state index in [0.717, 1.165) is 12.0 Å². The van der Waals surface area contributed by atoms with Crippen LogP contribution in [0.4, 0.5) is 0 Å². The summed E-state index contributed by atoms with van der Waals surface area (Å²) in [5.74, 6) is 0.841. The van der Waals surface area contributed by atoms with Crippen LogP contribution in [0.2, 0.25) is 0 Å². The number of hydrogen-bond acceptors (Lipinski definition) is 1. The van der Waals surface area contributed by atoms with E-state index in [0.29, 0.717) is 0 Å². The molecule has 1 fully saturated rings. The van der Waals surface area contributed by atoms with Crippen molar-refractivity contribution in [2.75, 3.05) is 6.54 Å². The van der Waals surface area contributed by atoms with E-state index in [2.05, 4.69) is 19.2 Å². The fraction of sp³-hybridized carbons (Fsp3) is 1.00. The zero-order valence-corrected chi connectivity index (χ0v) is 9.07. The van der Waals surface area contributed by atoms with Gasteiger partial charge < -0.3 is 5.32 Å². The molecule has 1 aliphatic rings. The van der Waals surface area contributed by atoms with Crippen LogP contribution in [-0.4, -0.2) is 12.6 Å². The quantitative estimate of drug-likeness (QED) is 0.620. The minimum Gasteiger partial charge on any atom is -0.314 e. The van der Waals surface area contributed by atoms with Crippen molar-refractivity contribution < 1.29 is 0 Å². The average Bonchev–Trinajstić information content (AvgIpc) is 1.92. The van der Waals surface area contributed by atoms with Crippen LogP contribution in [0, 0.1) is 5.92 Å². The molecule has 1 N–H and O–H groups in total. The minimum absolute atomic E-state index is 0.833. The van der Waals surface area contributed by atoms with Crippen LogP contribution in [-0.2, 0) is 0 Å². The van der Waals surface area contributed by atoms with Gasteiger partial charge in [-0.1, -0.05) is 41.5 Å². The lowest BCUT2D eigenvalue weighted by Crippen LogP contribution is -2.46. The predicted molar refractivity (Wildman–Crippen MR) is 53.9 cm³/mol. The highest BCUT2D eigenvalue weighted by molar-refractivity contribution is 4.79. The molecule has 0 amide bonds. The van der Waals surface area contributed by atoms with E-state index in [9.17, 15) is 0 Å². The molecule has 0 spiro atoms. The van der Waals surface area contributed by atoms with Gasteiger partial charge in [0.15, 0.2) is 0 Å². The topological polar surface area (TPSA) is 12.0 Å². The molecule has 0 bridgehead atoms. The molecule has 1 nitrogen and oxygen atoms in total. The van der Waals surface area contributed by atoms with Gasteiger partial charge in [-0.05, 0) is 18.9 Å². The minimum atomic E-state index is 0.833. The first-order valence-corrected chi connectivity index (χ1v) is 5.04. The van der Waals surface area contributed by atoms with Gasteiger partial charge in [0, 0.05) is 6.04 Å².